The first-order valence-electron chi connectivity index (χ1n) is 13.4. The molecule has 0 saturated heterocycles. The molecule has 35 heavy (non-hydrogen) atoms. The fraction of sp³-hybridized carbons (Fsp3) is 0.235. The zero-order valence-electron chi connectivity index (χ0n) is 20.1. The van der Waals surface area contributed by atoms with Crippen molar-refractivity contribution in [2.75, 3.05) is 0 Å². The molecule has 0 amide bonds. The summed E-state index contributed by atoms with van der Waals surface area (Å²) in [7, 11) is 2.28. The molecule has 3 fully saturated rings. The third-order valence-electron chi connectivity index (χ3n) is 10.8. The van der Waals surface area contributed by atoms with E-state index in [1.165, 1.54) is 68.5 Å². The maximum atomic E-state index is 2.61. The Balaban J connectivity index is 1.35. The number of fused-ring (bicyclic) bond motifs is 7. The van der Waals surface area contributed by atoms with Gasteiger partial charge in [0.2, 0.25) is 0 Å². The highest BCUT2D eigenvalue weighted by atomic mass is 14.8. The Bertz CT molecular complexity index is 1670. The lowest BCUT2D eigenvalue weighted by atomic mass is 9.25. The first kappa shape index (κ1) is 18.9. The van der Waals surface area contributed by atoms with Crippen LogP contribution in [0.5, 0.6) is 0 Å². The van der Waals surface area contributed by atoms with Gasteiger partial charge in [0.15, 0.2) is 0 Å². The third kappa shape index (κ3) is 2.06. The van der Waals surface area contributed by atoms with Gasteiger partial charge in [0, 0.05) is 0 Å². The molecular weight excluding hydrogens is 419 g/mol. The Morgan fingerprint density at radius 2 is 1.14 bits per heavy atom. The normalized spacial score (nSPS) is 29.0. The molecule has 5 unspecified atom stereocenters. The fourth-order valence-electron chi connectivity index (χ4n) is 9.31. The summed E-state index contributed by atoms with van der Waals surface area (Å²) in [4.78, 5) is 0. The Morgan fingerprint density at radius 1 is 0.571 bits per heavy atom. The topological polar surface area (TPSA) is 0 Å². The van der Waals surface area contributed by atoms with Gasteiger partial charge in [-0.25, -0.2) is 0 Å². The number of benzene rings is 5. The minimum Gasteiger partial charge on any atom is -0.0735 e. The molecule has 0 nitrogen and oxygen atoms in total. The lowest BCUT2D eigenvalue weighted by Crippen LogP contribution is -2.70. The van der Waals surface area contributed by atoms with E-state index in [0.717, 1.165) is 23.7 Å². The summed E-state index contributed by atoms with van der Waals surface area (Å²) >= 11 is 0. The molecular formula is C34H27B. The summed E-state index contributed by atoms with van der Waals surface area (Å²) < 4.78 is 0. The molecule has 0 heterocycles. The van der Waals surface area contributed by atoms with Gasteiger partial charge in [-0.05, 0) is 103 Å². The van der Waals surface area contributed by atoms with Gasteiger partial charge in [0.05, 0.1) is 0 Å². The second kappa shape index (κ2) is 6.27. The van der Waals surface area contributed by atoms with Gasteiger partial charge in [0.1, 0.15) is 7.85 Å². The molecule has 5 aromatic rings. The van der Waals surface area contributed by atoms with Gasteiger partial charge in [-0.15, -0.1) is 0 Å². The van der Waals surface area contributed by atoms with Crippen molar-refractivity contribution in [2.45, 2.75) is 31.1 Å². The van der Waals surface area contributed by atoms with E-state index in [1.807, 2.05) is 0 Å². The first-order valence-corrected chi connectivity index (χ1v) is 13.4. The van der Waals surface area contributed by atoms with Crippen molar-refractivity contribution in [2.24, 2.45) is 17.3 Å². The molecule has 3 saturated carbocycles. The Morgan fingerprint density at radius 3 is 1.83 bits per heavy atom. The van der Waals surface area contributed by atoms with Crippen molar-refractivity contribution in [1.29, 1.82) is 0 Å². The zero-order chi connectivity index (χ0) is 22.9. The summed E-state index contributed by atoms with van der Waals surface area (Å²) in [6, 6.07) is 34.9. The molecule has 1 spiro atoms. The van der Waals surface area contributed by atoms with Crippen LogP contribution < -0.4 is 5.46 Å². The third-order valence-corrected chi connectivity index (χ3v) is 10.8. The molecule has 0 bridgehead atoms. The summed E-state index contributed by atoms with van der Waals surface area (Å²) in [5.74, 6) is 3.42. The molecule has 5 atom stereocenters. The van der Waals surface area contributed by atoms with Crippen LogP contribution in [0.15, 0.2) is 91.0 Å². The maximum absolute atomic E-state index is 2.61. The number of hydrogen-bond donors (Lipinski definition) is 0. The summed E-state index contributed by atoms with van der Waals surface area (Å²) in [6.07, 6.45) is 4.29. The molecule has 0 aliphatic heterocycles. The molecule has 5 aromatic carbocycles. The van der Waals surface area contributed by atoms with Crippen LogP contribution in [0.3, 0.4) is 0 Å². The maximum Gasteiger partial charge on any atom is 0.140 e. The van der Waals surface area contributed by atoms with Crippen molar-refractivity contribution >= 4 is 34.9 Å². The van der Waals surface area contributed by atoms with E-state index in [9.17, 15) is 0 Å². The smallest absolute Gasteiger partial charge is 0.0735 e. The van der Waals surface area contributed by atoms with Crippen LogP contribution in [-0.4, -0.2) is 7.85 Å². The lowest BCUT2D eigenvalue weighted by molar-refractivity contribution is -0.252. The molecule has 4 aliphatic rings. The average Bonchev–Trinajstić information content (AvgIpc) is 2.98. The van der Waals surface area contributed by atoms with Gasteiger partial charge in [0.25, 0.3) is 0 Å². The first-order chi connectivity index (χ1) is 17.3. The SMILES string of the molecule is Bc1c2ccccc2c(-c2ccc3c(c2)C2CC4CC5CC(c6ccccc6-3)C542)c2ccccc12. The highest BCUT2D eigenvalue weighted by Crippen LogP contribution is 2.85. The van der Waals surface area contributed by atoms with Crippen LogP contribution in [0.25, 0.3) is 43.8 Å². The summed E-state index contributed by atoms with van der Waals surface area (Å²) in [5.41, 5.74) is 11.0. The van der Waals surface area contributed by atoms with E-state index >= 15 is 0 Å². The van der Waals surface area contributed by atoms with Crippen molar-refractivity contribution in [1.82, 2.24) is 0 Å². The van der Waals surface area contributed by atoms with E-state index in [1.54, 1.807) is 11.1 Å². The quantitative estimate of drug-likeness (QED) is 0.189. The van der Waals surface area contributed by atoms with Gasteiger partial charge in [-0.3, -0.25) is 0 Å². The van der Waals surface area contributed by atoms with Gasteiger partial charge >= 0.3 is 0 Å². The molecule has 9 rings (SSSR count). The molecule has 0 aromatic heterocycles. The minimum atomic E-state index is 0.567. The lowest BCUT2D eigenvalue weighted by Gasteiger charge is -2.78. The molecule has 1 heteroatoms. The van der Waals surface area contributed by atoms with Crippen LogP contribution in [0.4, 0.5) is 0 Å². The van der Waals surface area contributed by atoms with E-state index < -0.39 is 0 Å². The molecule has 4 aliphatic carbocycles. The highest BCUT2D eigenvalue weighted by molar-refractivity contribution is 6.46. The summed E-state index contributed by atoms with van der Waals surface area (Å²) in [5, 5.41) is 5.51. The van der Waals surface area contributed by atoms with Gasteiger partial charge in [-0.1, -0.05) is 96.5 Å². The van der Waals surface area contributed by atoms with E-state index in [0.29, 0.717) is 5.41 Å². The monoisotopic (exact) mass is 446 g/mol. The van der Waals surface area contributed by atoms with Crippen LogP contribution in [0.1, 0.15) is 42.2 Å². The minimum absolute atomic E-state index is 0.567. The Kier molecular flexibility index (Phi) is 3.39. The van der Waals surface area contributed by atoms with Crippen molar-refractivity contribution in [3.05, 3.63) is 102 Å². The summed E-state index contributed by atoms with van der Waals surface area (Å²) in [6.45, 7) is 0. The van der Waals surface area contributed by atoms with Crippen molar-refractivity contribution < 1.29 is 0 Å². The zero-order valence-corrected chi connectivity index (χ0v) is 20.1. The van der Waals surface area contributed by atoms with Crippen LogP contribution in [0.2, 0.25) is 0 Å². The van der Waals surface area contributed by atoms with E-state index in [4.69, 9.17) is 0 Å². The predicted molar refractivity (Wildman–Crippen MR) is 149 cm³/mol. The fourth-order valence-corrected chi connectivity index (χ4v) is 9.31. The standard InChI is InChI=1S/C34H27B/c35-33-27-11-5-3-9-25(27)32(26-10-4-6-12-28(26)33)19-13-14-23-22-7-1-2-8-24(22)30-17-20-16-21-18-31(29(23)15-19)34(20,21)30/h1-15,20-21,30-31H,16-18,35H2. The van der Waals surface area contributed by atoms with Crippen LogP contribution in [0, 0.1) is 17.3 Å². The highest BCUT2D eigenvalue weighted by Gasteiger charge is 2.76. The average molecular weight is 446 g/mol. The van der Waals surface area contributed by atoms with Gasteiger partial charge < -0.3 is 0 Å². The second-order valence-corrected chi connectivity index (χ2v) is 11.7. The second-order valence-electron chi connectivity index (χ2n) is 11.7. The number of rotatable bonds is 1. The Labute approximate surface area is 207 Å². The molecule has 0 radical (unpaired) electrons. The number of hydrogen-bond acceptors (Lipinski definition) is 0. The Hall–Kier alpha value is -3.32. The predicted octanol–water partition coefficient (Wildman–Crippen LogP) is 7.20. The van der Waals surface area contributed by atoms with Crippen LogP contribution in [-0.2, 0) is 0 Å². The molecule has 0 N–H and O–H groups in total. The van der Waals surface area contributed by atoms with E-state index in [-0.39, 0.29) is 0 Å². The van der Waals surface area contributed by atoms with Crippen molar-refractivity contribution in [3.63, 3.8) is 0 Å². The van der Waals surface area contributed by atoms with E-state index in [2.05, 4.69) is 98.8 Å². The largest absolute Gasteiger partial charge is 0.140 e. The van der Waals surface area contributed by atoms with Crippen molar-refractivity contribution in [3.8, 4) is 22.3 Å². The van der Waals surface area contributed by atoms with Gasteiger partial charge in [-0.2, -0.15) is 0 Å². The van der Waals surface area contributed by atoms with Crippen LogP contribution >= 0.6 is 0 Å². The molecule has 166 valence electrons.